The molecule has 0 bridgehead atoms. The molecular weight excluding hydrogens is 330 g/mol. The highest BCUT2D eigenvalue weighted by atomic mass is 16.5. The number of nitrogens with one attached hydrogen (secondary N) is 1. The van der Waals surface area contributed by atoms with Crippen LogP contribution in [-0.4, -0.2) is 54.3 Å². The van der Waals surface area contributed by atoms with Crippen molar-refractivity contribution in [2.75, 3.05) is 38.0 Å². The number of rotatable bonds is 4. The van der Waals surface area contributed by atoms with Gasteiger partial charge in [-0.05, 0) is 42.9 Å². The Hall–Kier alpha value is -2.86. The molecule has 6 heteroatoms. The molecule has 136 valence electrons. The predicted octanol–water partition coefficient (Wildman–Crippen LogP) is 2.58. The minimum absolute atomic E-state index is 0.481. The number of amides is 2. The van der Waals surface area contributed by atoms with Crippen LogP contribution in [0.4, 0.5) is 5.69 Å². The molecule has 0 spiro atoms. The van der Waals surface area contributed by atoms with Crippen LogP contribution in [0.25, 0.3) is 0 Å². The van der Waals surface area contributed by atoms with Gasteiger partial charge >= 0.3 is 11.8 Å². The number of hydrogen-bond acceptors (Lipinski definition) is 4. The number of nitrogens with zero attached hydrogens (tertiary/aromatic N) is 2. The van der Waals surface area contributed by atoms with Gasteiger partial charge in [-0.1, -0.05) is 25.1 Å². The summed E-state index contributed by atoms with van der Waals surface area (Å²) in [4.78, 5) is 28.3. The average Bonchev–Trinajstić information content (AvgIpc) is 2.70. The summed E-state index contributed by atoms with van der Waals surface area (Å²) in [5.74, 6) is 0.318. The Morgan fingerprint density at radius 3 is 2.15 bits per heavy atom. The summed E-state index contributed by atoms with van der Waals surface area (Å²) in [5, 5.41) is 2.66. The molecule has 0 atom stereocenters. The van der Waals surface area contributed by atoms with Gasteiger partial charge in [0.15, 0.2) is 0 Å². The summed E-state index contributed by atoms with van der Waals surface area (Å²) in [5.41, 5.74) is 0.566. The number of anilines is 1. The molecule has 1 saturated heterocycles. The van der Waals surface area contributed by atoms with Crippen LogP contribution in [0.1, 0.15) is 6.92 Å². The molecule has 1 aliphatic rings. The van der Waals surface area contributed by atoms with Crippen LogP contribution in [0, 0.1) is 0 Å². The van der Waals surface area contributed by atoms with Crippen molar-refractivity contribution in [3.8, 4) is 11.5 Å². The first kappa shape index (κ1) is 17.9. The Balaban J connectivity index is 1.53. The Morgan fingerprint density at radius 2 is 1.54 bits per heavy atom. The molecule has 2 aromatic rings. The average molecular weight is 353 g/mol. The normalized spacial score (nSPS) is 14.7. The van der Waals surface area contributed by atoms with Gasteiger partial charge in [-0.3, -0.25) is 9.59 Å². The molecule has 0 radical (unpaired) electrons. The van der Waals surface area contributed by atoms with Crippen molar-refractivity contribution in [3.63, 3.8) is 0 Å². The van der Waals surface area contributed by atoms with Crippen LogP contribution in [0.5, 0.6) is 11.5 Å². The van der Waals surface area contributed by atoms with Gasteiger partial charge in [-0.25, -0.2) is 0 Å². The molecule has 1 N–H and O–H groups in total. The second-order valence-electron chi connectivity index (χ2n) is 6.12. The maximum absolute atomic E-state index is 12.3. The summed E-state index contributed by atoms with van der Waals surface area (Å²) in [7, 11) is 0. The van der Waals surface area contributed by atoms with Crippen molar-refractivity contribution in [2.45, 2.75) is 6.92 Å². The van der Waals surface area contributed by atoms with E-state index in [0.29, 0.717) is 24.5 Å². The lowest BCUT2D eigenvalue weighted by Gasteiger charge is -2.33. The van der Waals surface area contributed by atoms with E-state index in [1.807, 2.05) is 30.3 Å². The van der Waals surface area contributed by atoms with Gasteiger partial charge in [-0.15, -0.1) is 0 Å². The van der Waals surface area contributed by atoms with Gasteiger partial charge in [0.1, 0.15) is 11.5 Å². The van der Waals surface area contributed by atoms with E-state index in [2.05, 4.69) is 17.1 Å². The van der Waals surface area contributed by atoms with E-state index in [1.54, 1.807) is 29.2 Å². The van der Waals surface area contributed by atoms with Crippen molar-refractivity contribution in [3.05, 3.63) is 54.6 Å². The zero-order valence-corrected chi connectivity index (χ0v) is 14.9. The molecule has 3 rings (SSSR count). The molecule has 0 aromatic heterocycles. The molecule has 26 heavy (non-hydrogen) atoms. The van der Waals surface area contributed by atoms with Gasteiger partial charge in [0.25, 0.3) is 0 Å². The largest absolute Gasteiger partial charge is 0.457 e. The van der Waals surface area contributed by atoms with Crippen molar-refractivity contribution < 1.29 is 14.3 Å². The maximum Gasteiger partial charge on any atom is 0.313 e. The van der Waals surface area contributed by atoms with Crippen LogP contribution in [0.15, 0.2) is 54.6 Å². The highest BCUT2D eigenvalue weighted by Gasteiger charge is 2.25. The van der Waals surface area contributed by atoms with Gasteiger partial charge in [-0.2, -0.15) is 0 Å². The lowest BCUT2D eigenvalue weighted by molar-refractivity contribution is -0.144. The zero-order chi connectivity index (χ0) is 18.4. The first-order valence-corrected chi connectivity index (χ1v) is 8.81. The second-order valence-corrected chi connectivity index (χ2v) is 6.12. The molecule has 6 nitrogen and oxygen atoms in total. The van der Waals surface area contributed by atoms with E-state index >= 15 is 0 Å². The van der Waals surface area contributed by atoms with E-state index < -0.39 is 11.8 Å². The van der Waals surface area contributed by atoms with Gasteiger partial charge < -0.3 is 19.9 Å². The maximum atomic E-state index is 12.3. The monoisotopic (exact) mass is 353 g/mol. The Bertz CT molecular complexity index is 739. The molecular formula is C20H23N3O3. The number of piperazine rings is 1. The number of carbonyl (C=O) groups is 2. The van der Waals surface area contributed by atoms with Crippen LogP contribution >= 0.6 is 0 Å². The van der Waals surface area contributed by atoms with Crippen LogP contribution < -0.4 is 10.1 Å². The summed E-state index contributed by atoms with van der Waals surface area (Å²) < 4.78 is 5.71. The van der Waals surface area contributed by atoms with E-state index in [-0.39, 0.29) is 0 Å². The first-order chi connectivity index (χ1) is 12.7. The lowest BCUT2D eigenvalue weighted by Crippen LogP contribution is -2.51. The Kier molecular flexibility index (Phi) is 5.86. The summed E-state index contributed by atoms with van der Waals surface area (Å²) in [6, 6.07) is 16.4. The molecule has 0 saturated carbocycles. The van der Waals surface area contributed by atoms with Crippen molar-refractivity contribution in [2.24, 2.45) is 0 Å². The molecule has 2 amide bonds. The molecule has 0 aliphatic carbocycles. The van der Waals surface area contributed by atoms with E-state index in [9.17, 15) is 9.59 Å². The fourth-order valence-corrected chi connectivity index (χ4v) is 2.83. The van der Waals surface area contributed by atoms with E-state index in [4.69, 9.17) is 4.74 Å². The van der Waals surface area contributed by atoms with Crippen molar-refractivity contribution >= 4 is 17.5 Å². The number of benzene rings is 2. The number of ether oxygens (including phenoxy) is 1. The number of hydrogen-bond donors (Lipinski definition) is 1. The van der Waals surface area contributed by atoms with Gasteiger partial charge in [0, 0.05) is 31.9 Å². The van der Waals surface area contributed by atoms with E-state index in [0.717, 1.165) is 25.4 Å². The predicted molar refractivity (Wildman–Crippen MR) is 100 cm³/mol. The smallest absolute Gasteiger partial charge is 0.313 e. The second kappa shape index (κ2) is 8.49. The molecule has 1 heterocycles. The van der Waals surface area contributed by atoms with Crippen LogP contribution in [0.2, 0.25) is 0 Å². The fourth-order valence-electron chi connectivity index (χ4n) is 2.83. The Labute approximate surface area is 153 Å². The highest BCUT2D eigenvalue weighted by Crippen LogP contribution is 2.22. The number of carbonyl (C=O) groups excluding carboxylic acids is 2. The van der Waals surface area contributed by atoms with Crippen molar-refractivity contribution in [1.29, 1.82) is 0 Å². The van der Waals surface area contributed by atoms with Crippen molar-refractivity contribution in [1.82, 2.24) is 9.80 Å². The van der Waals surface area contributed by atoms with E-state index in [1.165, 1.54) is 0 Å². The highest BCUT2D eigenvalue weighted by molar-refractivity contribution is 6.39. The van der Waals surface area contributed by atoms with Crippen LogP contribution in [-0.2, 0) is 9.59 Å². The minimum atomic E-state index is -0.605. The summed E-state index contributed by atoms with van der Waals surface area (Å²) >= 11 is 0. The molecule has 2 aromatic carbocycles. The molecule has 1 fully saturated rings. The third kappa shape index (κ3) is 4.61. The zero-order valence-electron chi connectivity index (χ0n) is 14.9. The SMILES string of the molecule is CCN1CCN(C(=O)C(=O)Nc2ccc(Oc3ccccc3)cc2)CC1. The van der Waals surface area contributed by atoms with Gasteiger partial charge in [0.2, 0.25) is 0 Å². The quantitative estimate of drug-likeness (QED) is 0.858. The molecule has 0 unspecified atom stereocenters. The molecule has 1 aliphatic heterocycles. The first-order valence-electron chi connectivity index (χ1n) is 8.81. The minimum Gasteiger partial charge on any atom is -0.457 e. The number of para-hydroxylation sites is 1. The topological polar surface area (TPSA) is 61.9 Å². The number of likely N-dealkylation sites (N-methyl/N-ethyl adjacent to an activating group) is 1. The van der Waals surface area contributed by atoms with Crippen LogP contribution in [0.3, 0.4) is 0 Å². The standard InChI is InChI=1S/C20H23N3O3/c1-2-22-12-14-23(15-13-22)20(25)19(24)21-16-8-10-18(11-9-16)26-17-6-4-3-5-7-17/h3-11H,2,12-15H2,1H3,(H,21,24). The Morgan fingerprint density at radius 1 is 0.923 bits per heavy atom. The lowest BCUT2D eigenvalue weighted by atomic mass is 10.2. The third-order valence-corrected chi connectivity index (χ3v) is 4.39. The third-order valence-electron chi connectivity index (χ3n) is 4.39. The summed E-state index contributed by atoms with van der Waals surface area (Å²) in [6.45, 7) is 5.84. The summed E-state index contributed by atoms with van der Waals surface area (Å²) in [6.07, 6.45) is 0. The van der Waals surface area contributed by atoms with Gasteiger partial charge in [0.05, 0.1) is 0 Å². The fraction of sp³-hybridized carbons (Fsp3) is 0.300.